The first-order chi connectivity index (χ1) is 10.3. The Morgan fingerprint density at radius 1 is 1.48 bits per heavy atom. The van der Waals surface area contributed by atoms with Gasteiger partial charge in [0.25, 0.3) is 0 Å². The normalized spacial score (nSPS) is 18.6. The van der Waals surface area contributed by atoms with Crippen LogP contribution >= 0.6 is 11.3 Å². The van der Waals surface area contributed by atoms with E-state index in [9.17, 15) is 4.79 Å². The largest absolute Gasteiger partial charge is 0.378 e. The summed E-state index contributed by atoms with van der Waals surface area (Å²) in [5.74, 6) is 0.930. The van der Waals surface area contributed by atoms with Gasteiger partial charge in [0.2, 0.25) is 17.6 Å². The smallest absolute Gasteiger partial charge is 0.246 e. The Hall–Kier alpha value is -1.73. The van der Waals surface area contributed by atoms with Gasteiger partial charge in [-0.3, -0.25) is 4.79 Å². The predicted octanol–water partition coefficient (Wildman–Crippen LogP) is 2.37. The average Bonchev–Trinajstić information content (AvgIpc) is 3.17. The van der Waals surface area contributed by atoms with Gasteiger partial charge in [0.05, 0.1) is 23.9 Å². The second-order valence-corrected chi connectivity index (χ2v) is 5.91. The number of amides is 1. The van der Waals surface area contributed by atoms with Crippen LogP contribution in [0.2, 0.25) is 0 Å². The molecule has 1 atom stereocenters. The topological polar surface area (TPSA) is 77.2 Å². The van der Waals surface area contributed by atoms with Crippen LogP contribution in [-0.4, -0.2) is 28.8 Å². The van der Waals surface area contributed by atoms with E-state index in [1.54, 1.807) is 11.3 Å². The number of carbonyl (C=O) groups is 1. The molecule has 1 fully saturated rings. The van der Waals surface area contributed by atoms with E-state index in [0.29, 0.717) is 18.1 Å². The fourth-order valence-corrected chi connectivity index (χ4v) is 2.90. The predicted molar refractivity (Wildman–Crippen MR) is 77.7 cm³/mol. The fourth-order valence-electron chi connectivity index (χ4n) is 2.25. The van der Waals surface area contributed by atoms with Gasteiger partial charge < -0.3 is 14.6 Å². The summed E-state index contributed by atoms with van der Waals surface area (Å²) < 4.78 is 10.7. The van der Waals surface area contributed by atoms with Crippen molar-refractivity contribution in [2.24, 2.45) is 0 Å². The van der Waals surface area contributed by atoms with Gasteiger partial charge in [-0.25, -0.2) is 0 Å². The molecule has 1 unspecified atom stereocenters. The molecule has 0 spiro atoms. The van der Waals surface area contributed by atoms with Crippen molar-refractivity contribution in [2.75, 3.05) is 6.61 Å². The number of thiophene rings is 1. The van der Waals surface area contributed by atoms with Crippen LogP contribution < -0.4 is 5.32 Å². The summed E-state index contributed by atoms with van der Waals surface area (Å²) in [6, 6.07) is 3.86. The molecule has 2 aromatic heterocycles. The zero-order valence-electron chi connectivity index (χ0n) is 11.6. The number of carbonyl (C=O) groups excluding carboxylic acids is 1. The van der Waals surface area contributed by atoms with Crippen molar-refractivity contribution in [3.8, 4) is 10.7 Å². The minimum absolute atomic E-state index is 0.0437. The van der Waals surface area contributed by atoms with E-state index < -0.39 is 0 Å². The van der Waals surface area contributed by atoms with E-state index in [1.807, 2.05) is 17.5 Å². The molecule has 1 saturated heterocycles. The van der Waals surface area contributed by atoms with Crippen LogP contribution in [0.4, 0.5) is 0 Å². The third kappa shape index (κ3) is 3.89. The highest BCUT2D eigenvalue weighted by Crippen LogP contribution is 2.21. The van der Waals surface area contributed by atoms with Crippen molar-refractivity contribution in [3.63, 3.8) is 0 Å². The van der Waals surface area contributed by atoms with E-state index >= 15 is 0 Å². The number of hydrogen-bond acceptors (Lipinski definition) is 6. The monoisotopic (exact) mass is 307 g/mol. The Morgan fingerprint density at radius 3 is 3.19 bits per heavy atom. The van der Waals surface area contributed by atoms with E-state index in [2.05, 4.69) is 15.5 Å². The van der Waals surface area contributed by atoms with Crippen LogP contribution in [0.3, 0.4) is 0 Å². The summed E-state index contributed by atoms with van der Waals surface area (Å²) >= 11 is 1.55. The summed E-state index contributed by atoms with van der Waals surface area (Å²) in [4.78, 5) is 17.1. The molecule has 0 bridgehead atoms. The van der Waals surface area contributed by atoms with Crippen LogP contribution in [-0.2, 0) is 16.1 Å². The molecule has 1 amide bonds. The Balaban J connectivity index is 1.47. The summed E-state index contributed by atoms with van der Waals surface area (Å²) in [6.45, 7) is 1.01. The molecular weight excluding hydrogens is 290 g/mol. The minimum Gasteiger partial charge on any atom is -0.378 e. The van der Waals surface area contributed by atoms with Crippen molar-refractivity contribution in [1.29, 1.82) is 0 Å². The average molecular weight is 307 g/mol. The second-order valence-electron chi connectivity index (χ2n) is 4.96. The molecule has 3 heterocycles. The third-order valence-corrected chi connectivity index (χ3v) is 4.20. The SMILES string of the molecule is O=C(CC1CCCCO1)NCc1nc(-c2cccs2)no1. The standard InChI is InChI=1S/C14H17N3O3S/c18-12(8-10-4-1-2-6-19-10)15-9-13-16-14(17-20-13)11-5-3-7-21-11/h3,5,7,10H,1-2,4,6,8-9H2,(H,15,18). The number of hydrogen-bond donors (Lipinski definition) is 1. The lowest BCUT2D eigenvalue weighted by Gasteiger charge is -2.21. The Morgan fingerprint density at radius 2 is 2.43 bits per heavy atom. The maximum Gasteiger partial charge on any atom is 0.246 e. The number of nitrogens with zero attached hydrogens (tertiary/aromatic N) is 2. The molecule has 1 aliphatic rings. The first-order valence-corrected chi connectivity index (χ1v) is 7.94. The summed E-state index contributed by atoms with van der Waals surface area (Å²) in [5.41, 5.74) is 0. The zero-order chi connectivity index (χ0) is 14.5. The highest BCUT2D eigenvalue weighted by molar-refractivity contribution is 7.13. The van der Waals surface area contributed by atoms with Crippen molar-refractivity contribution < 1.29 is 14.1 Å². The molecule has 6 nitrogen and oxygen atoms in total. The van der Waals surface area contributed by atoms with Gasteiger partial charge in [0.1, 0.15) is 0 Å². The first kappa shape index (κ1) is 14.2. The van der Waals surface area contributed by atoms with Crippen molar-refractivity contribution >= 4 is 17.2 Å². The molecule has 0 aromatic carbocycles. The van der Waals surface area contributed by atoms with Crippen molar-refractivity contribution in [2.45, 2.75) is 38.3 Å². The van der Waals surface area contributed by atoms with E-state index in [-0.39, 0.29) is 18.6 Å². The van der Waals surface area contributed by atoms with Gasteiger partial charge in [-0.05, 0) is 30.7 Å². The van der Waals surface area contributed by atoms with Gasteiger partial charge in [-0.1, -0.05) is 11.2 Å². The van der Waals surface area contributed by atoms with Crippen LogP contribution in [0.5, 0.6) is 0 Å². The molecular formula is C14H17N3O3S. The van der Waals surface area contributed by atoms with Crippen LogP contribution in [0.1, 0.15) is 31.6 Å². The minimum atomic E-state index is -0.0437. The Kier molecular flexibility index (Phi) is 4.62. The maximum atomic E-state index is 11.8. The number of nitrogens with one attached hydrogen (secondary N) is 1. The quantitative estimate of drug-likeness (QED) is 0.917. The highest BCUT2D eigenvalue weighted by Gasteiger charge is 2.18. The third-order valence-electron chi connectivity index (χ3n) is 3.33. The Bertz CT molecular complexity index is 576. The molecule has 7 heteroatoms. The van der Waals surface area contributed by atoms with Crippen LogP contribution in [0, 0.1) is 0 Å². The van der Waals surface area contributed by atoms with Crippen LogP contribution in [0.25, 0.3) is 10.7 Å². The number of rotatable bonds is 5. The molecule has 21 heavy (non-hydrogen) atoms. The van der Waals surface area contributed by atoms with Gasteiger partial charge in [0, 0.05) is 6.61 Å². The molecule has 3 rings (SSSR count). The van der Waals surface area contributed by atoms with Gasteiger partial charge in [0.15, 0.2) is 0 Å². The lowest BCUT2D eigenvalue weighted by molar-refractivity contribution is -0.125. The number of aromatic nitrogens is 2. The summed E-state index contributed by atoms with van der Waals surface area (Å²) in [5, 5.41) is 8.65. The first-order valence-electron chi connectivity index (χ1n) is 7.06. The fraction of sp³-hybridized carbons (Fsp3) is 0.500. The highest BCUT2D eigenvalue weighted by atomic mass is 32.1. The lowest BCUT2D eigenvalue weighted by atomic mass is 10.1. The van der Waals surface area contributed by atoms with Crippen molar-refractivity contribution in [3.05, 3.63) is 23.4 Å². The molecule has 1 aliphatic heterocycles. The molecule has 0 aliphatic carbocycles. The summed E-state index contributed by atoms with van der Waals surface area (Å²) in [6.07, 6.45) is 3.61. The molecule has 0 radical (unpaired) electrons. The number of ether oxygens (including phenoxy) is 1. The van der Waals surface area contributed by atoms with E-state index in [4.69, 9.17) is 9.26 Å². The summed E-state index contributed by atoms with van der Waals surface area (Å²) in [7, 11) is 0. The van der Waals surface area contributed by atoms with Crippen LogP contribution in [0.15, 0.2) is 22.0 Å². The molecule has 112 valence electrons. The van der Waals surface area contributed by atoms with E-state index in [1.165, 1.54) is 0 Å². The molecule has 2 aromatic rings. The maximum absolute atomic E-state index is 11.8. The van der Waals surface area contributed by atoms with Gasteiger partial charge >= 0.3 is 0 Å². The van der Waals surface area contributed by atoms with Gasteiger partial charge in [-0.2, -0.15) is 4.98 Å². The zero-order valence-corrected chi connectivity index (χ0v) is 12.4. The second kappa shape index (κ2) is 6.82. The van der Waals surface area contributed by atoms with E-state index in [0.717, 1.165) is 30.7 Å². The molecule has 1 N–H and O–H groups in total. The lowest BCUT2D eigenvalue weighted by Crippen LogP contribution is -2.30. The Labute approximate surface area is 126 Å². The van der Waals surface area contributed by atoms with Gasteiger partial charge in [-0.15, -0.1) is 11.3 Å². The molecule has 0 saturated carbocycles. The van der Waals surface area contributed by atoms with Crippen molar-refractivity contribution in [1.82, 2.24) is 15.5 Å².